The highest BCUT2D eigenvalue weighted by Gasteiger charge is 2.10. The first-order valence-electron chi connectivity index (χ1n) is 3.57. The minimum absolute atomic E-state index is 0.233. The molecule has 0 aliphatic carbocycles. The number of halogens is 1. The van der Waals surface area contributed by atoms with Gasteiger partial charge in [-0.05, 0) is 0 Å². The van der Waals surface area contributed by atoms with E-state index in [1.54, 1.807) is 6.08 Å². The van der Waals surface area contributed by atoms with Crippen molar-refractivity contribution in [1.29, 1.82) is 0 Å². The second-order valence-corrected chi connectivity index (χ2v) is 2.46. The molecule has 5 heteroatoms. The first-order chi connectivity index (χ1) is 6.29. The summed E-state index contributed by atoms with van der Waals surface area (Å²) in [7, 11) is 1.48. The number of hydrogen-bond donors (Lipinski definition) is 0. The zero-order valence-corrected chi connectivity index (χ0v) is 7.91. The van der Waals surface area contributed by atoms with E-state index in [2.05, 4.69) is 16.5 Å². The standard InChI is InChI=1S/C8H9ClN2O2/c1-3-4-13-8-6(12-2)7(9)10-5-11-8/h3,5H,1,4H2,2H3. The molecular formula is C8H9ClN2O2. The van der Waals surface area contributed by atoms with Crippen molar-refractivity contribution in [2.24, 2.45) is 0 Å². The van der Waals surface area contributed by atoms with Crippen LogP contribution in [0.4, 0.5) is 0 Å². The molecule has 13 heavy (non-hydrogen) atoms. The van der Waals surface area contributed by atoms with Gasteiger partial charge in [-0.1, -0.05) is 24.3 Å². The van der Waals surface area contributed by atoms with Crippen LogP contribution in [-0.2, 0) is 0 Å². The number of rotatable bonds is 4. The summed E-state index contributed by atoms with van der Waals surface area (Å²) < 4.78 is 10.1. The molecule has 0 saturated carbocycles. The molecule has 0 unspecified atom stereocenters. The Bertz CT molecular complexity index is 304. The molecule has 0 fully saturated rings. The zero-order chi connectivity index (χ0) is 9.68. The highest BCUT2D eigenvalue weighted by molar-refractivity contribution is 6.31. The lowest BCUT2D eigenvalue weighted by molar-refractivity contribution is 0.312. The van der Waals surface area contributed by atoms with Gasteiger partial charge in [0.1, 0.15) is 12.9 Å². The quantitative estimate of drug-likeness (QED) is 0.548. The fraction of sp³-hybridized carbons (Fsp3) is 0.250. The van der Waals surface area contributed by atoms with Gasteiger partial charge in [0.2, 0.25) is 5.75 Å². The van der Waals surface area contributed by atoms with Crippen molar-refractivity contribution >= 4 is 11.6 Å². The van der Waals surface area contributed by atoms with E-state index in [0.29, 0.717) is 18.2 Å². The molecule has 0 radical (unpaired) electrons. The zero-order valence-electron chi connectivity index (χ0n) is 7.16. The maximum Gasteiger partial charge on any atom is 0.262 e. The van der Waals surface area contributed by atoms with Crippen molar-refractivity contribution in [2.45, 2.75) is 0 Å². The first kappa shape index (κ1) is 9.80. The SMILES string of the molecule is C=CCOc1ncnc(Cl)c1OC. The van der Waals surface area contributed by atoms with Crippen LogP contribution in [0.25, 0.3) is 0 Å². The van der Waals surface area contributed by atoms with Crippen molar-refractivity contribution in [3.63, 3.8) is 0 Å². The van der Waals surface area contributed by atoms with Gasteiger partial charge in [0.05, 0.1) is 7.11 Å². The lowest BCUT2D eigenvalue weighted by Gasteiger charge is -2.07. The van der Waals surface area contributed by atoms with Gasteiger partial charge in [-0.2, -0.15) is 4.98 Å². The highest BCUT2D eigenvalue weighted by Crippen LogP contribution is 2.29. The van der Waals surface area contributed by atoms with Crippen LogP contribution in [0.3, 0.4) is 0 Å². The molecule has 0 atom stereocenters. The molecule has 0 amide bonds. The Morgan fingerprint density at radius 3 is 3.00 bits per heavy atom. The topological polar surface area (TPSA) is 44.2 Å². The average molecular weight is 201 g/mol. The van der Waals surface area contributed by atoms with E-state index < -0.39 is 0 Å². The van der Waals surface area contributed by atoms with Crippen LogP contribution in [0.15, 0.2) is 19.0 Å². The Labute approximate surface area is 81.2 Å². The summed E-state index contributed by atoms with van der Waals surface area (Å²) in [6.07, 6.45) is 2.92. The van der Waals surface area contributed by atoms with Gasteiger partial charge in [0.15, 0.2) is 5.15 Å². The van der Waals surface area contributed by atoms with Crippen molar-refractivity contribution < 1.29 is 9.47 Å². The number of hydrogen-bond acceptors (Lipinski definition) is 4. The highest BCUT2D eigenvalue weighted by atomic mass is 35.5. The van der Waals surface area contributed by atoms with Crippen LogP contribution in [0.1, 0.15) is 0 Å². The third-order valence-corrected chi connectivity index (χ3v) is 1.54. The Kier molecular flexibility index (Phi) is 3.52. The molecule has 1 aromatic rings. The van der Waals surface area contributed by atoms with Crippen LogP contribution in [0.5, 0.6) is 11.6 Å². The largest absolute Gasteiger partial charge is 0.489 e. The number of ether oxygens (including phenoxy) is 2. The summed E-state index contributed by atoms with van der Waals surface area (Å²) in [5, 5.41) is 0.233. The summed E-state index contributed by atoms with van der Waals surface area (Å²) in [6, 6.07) is 0. The van der Waals surface area contributed by atoms with E-state index in [0.717, 1.165) is 0 Å². The maximum absolute atomic E-state index is 5.73. The molecule has 70 valence electrons. The molecule has 0 saturated heterocycles. The molecular weight excluding hydrogens is 192 g/mol. The number of aromatic nitrogens is 2. The minimum atomic E-state index is 0.233. The van der Waals surface area contributed by atoms with Crippen LogP contribution >= 0.6 is 11.6 Å². The van der Waals surface area contributed by atoms with Crippen molar-refractivity contribution in [3.8, 4) is 11.6 Å². The van der Waals surface area contributed by atoms with Crippen molar-refractivity contribution in [1.82, 2.24) is 9.97 Å². The summed E-state index contributed by atoms with van der Waals surface area (Å²) in [5.74, 6) is 0.661. The summed E-state index contributed by atoms with van der Waals surface area (Å²) >= 11 is 5.73. The predicted octanol–water partition coefficient (Wildman–Crippen LogP) is 1.70. The summed E-state index contributed by atoms with van der Waals surface area (Å²) in [4.78, 5) is 7.60. The van der Waals surface area contributed by atoms with Gasteiger partial charge in [0, 0.05) is 0 Å². The molecule has 0 aromatic carbocycles. The smallest absolute Gasteiger partial charge is 0.262 e. The lowest BCUT2D eigenvalue weighted by atomic mass is 10.5. The Morgan fingerprint density at radius 1 is 1.62 bits per heavy atom. The fourth-order valence-electron chi connectivity index (χ4n) is 0.750. The molecule has 0 N–H and O–H groups in total. The number of nitrogens with zero attached hydrogens (tertiary/aromatic N) is 2. The summed E-state index contributed by atoms with van der Waals surface area (Å²) in [6.45, 7) is 3.86. The number of methoxy groups -OCH3 is 1. The third-order valence-electron chi connectivity index (χ3n) is 1.27. The van der Waals surface area contributed by atoms with Gasteiger partial charge in [-0.3, -0.25) is 0 Å². The molecule has 0 bridgehead atoms. The minimum Gasteiger partial charge on any atom is -0.489 e. The molecule has 1 rings (SSSR count). The van der Waals surface area contributed by atoms with Crippen molar-refractivity contribution in [2.75, 3.05) is 13.7 Å². The molecule has 1 aromatic heterocycles. The van der Waals surface area contributed by atoms with Crippen LogP contribution in [0.2, 0.25) is 5.15 Å². The molecule has 0 aliphatic rings. The van der Waals surface area contributed by atoms with E-state index in [-0.39, 0.29) is 5.15 Å². The van der Waals surface area contributed by atoms with Gasteiger partial charge in [-0.15, -0.1) is 0 Å². The van der Waals surface area contributed by atoms with E-state index in [1.165, 1.54) is 13.4 Å². The second-order valence-electron chi connectivity index (χ2n) is 2.10. The van der Waals surface area contributed by atoms with E-state index in [9.17, 15) is 0 Å². The monoisotopic (exact) mass is 200 g/mol. The molecule has 1 heterocycles. The predicted molar refractivity (Wildman–Crippen MR) is 49.3 cm³/mol. The maximum atomic E-state index is 5.73. The van der Waals surface area contributed by atoms with Crippen LogP contribution in [0, 0.1) is 0 Å². The Morgan fingerprint density at radius 2 is 2.38 bits per heavy atom. The first-order valence-corrected chi connectivity index (χ1v) is 3.95. The van der Waals surface area contributed by atoms with E-state index in [1.807, 2.05) is 0 Å². The Hall–Kier alpha value is -1.29. The van der Waals surface area contributed by atoms with Crippen molar-refractivity contribution in [3.05, 3.63) is 24.1 Å². The lowest BCUT2D eigenvalue weighted by Crippen LogP contribution is -1.99. The van der Waals surface area contributed by atoms with Gasteiger partial charge >= 0.3 is 0 Å². The van der Waals surface area contributed by atoms with Crippen LogP contribution < -0.4 is 9.47 Å². The Balaban J connectivity index is 2.91. The van der Waals surface area contributed by atoms with E-state index >= 15 is 0 Å². The summed E-state index contributed by atoms with van der Waals surface area (Å²) in [5.41, 5.74) is 0. The average Bonchev–Trinajstić information content (AvgIpc) is 2.15. The molecule has 0 aliphatic heterocycles. The second kappa shape index (κ2) is 4.67. The molecule has 0 spiro atoms. The third kappa shape index (κ3) is 2.32. The van der Waals surface area contributed by atoms with Gasteiger partial charge in [0.25, 0.3) is 5.88 Å². The van der Waals surface area contributed by atoms with E-state index in [4.69, 9.17) is 21.1 Å². The molecule has 4 nitrogen and oxygen atoms in total. The van der Waals surface area contributed by atoms with Gasteiger partial charge in [-0.25, -0.2) is 4.98 Å². The van der Waals surface area contributed by atoms with Crippen LogP contribution in [-0.4, -0.2) is 23.7 Å². The fourth-order valence-corrected chi connectivity index (χ4v) is 0.951. The normalized spacial score (nSPS) is 9.38. The van der Waals surface area contributed by atoms with Gasteiger partial charge < -0.3 is 9.47 Å².